The van der Waals surface area contributed by atoms with Crippen molar-refractivity contribution in [3.05, 3.63) is 63.5 Å². The van der Waals surface area contributed by atoms with Crippen molar-refractivity contribution in [2.45, 2.75) is 19.9 Å². The minimum absolute atomic E-state index is 0.198. The summed E-state index contributed by atoms with van der Waals surface area (Å²) in [6.45, 7) is 4.36. The summed E-state index contributed by atoms with van der Waals surface area (Å²) < 4.78 is 14.0. The highest BCUT2D eigenvalue weighted by Crippen LogP contribution is 2.29. The van der Waals surface area contributed by atoms with E-state index in [0.29, 0.717) is 5.92 Å². The van der Waals surface area contributed by atoms with E-state index in [1.165, 1.54) is 11.6 Å². The number of nitrogens with one attached hydrogen (secondary N) is 1. The third-order valence-corrected chi connectivity index (χ3v) is 3.96. The molecule has 2 rings (SSSR count). The van der Waals surface area contributed by atoms with E-state index in [-0.39, 0.29) is 11.9 Å². The third kappa shape index (κ3) is 3.69. The molecule has 0 saturated heterocycles. The predicted octanol–water partition coefficient (Wildman–Crippen LogP) is 5.24. The fraction of sp³-hybridized carbons (Fsp3) is 0.250. The van der Waals surface area contributed by atoms with Gasteiger partial charge < -0.3 is 5.32 Å². The van der Waals surface area contributed by atoms with Gasteiger partial charge in [0.05, 0.1) is 6.04 Å². The van der Waals surface area contributed by atoms with Crippen LogP contribution in [-0.4, -0.2) is 0 Å². The smallest absolute Gasteiger partial charge is 0.124 e. The standard InChI is InChI=1S/C16H17FIN/c1-11(2)16(12-6-4-3-5-7-12)19-15-9-8-13(17)10-14(15)18/h3-11,16,19H,1-2H3. The molecule has 2 aromatic carbocycles. The van der Waals surface area contributed by atoms with Crippen LogP contribution in [0.15, 0.2) is 48.5 Å². The first-order chi connectivity index (χ1) is 9.08. The van der Waals surface area contributed by atoms with Crippen LogP contribution in [0.4, 0.5) is 10.1 Å². The monoisotopic (exact) mass is 369 g/mol. The van der Waals surface area contributed by atoms with Gasteiger partial charge >= 0.3 is 0 Å². The van der Waals surface area contributed by atoms with Gasteiger partial charge in [-0.05, 0) is 52.3 Å². The summed E-state index contributed by atoms with van der Waals surface area (Å²) in [6.07, 6.45) is 0. The van der Waals surface area contributed by atoms with Crippen LogP contribution in [0.2, 0.25) is 0 Å². The van der Waals surface area contributed by atoms with Gasteiger partial charge in [-0.2, -0.15) is 0 Å². The number of halogens is 2. The number of hydrogen-bond acceptors (Lipinski definition) is 1. The van der Waals surface area contributed by atoms with Crippen molar-refractivity contribution in [2.24, 2.45) is 5.92 Å². The Morgan fingerprint density at radius 1 is 1.05 bits per heavy atom. The number of rotatable bonds is 4. The van der Waals surface area contributed by atoms with Crippen LogP contribution in [-0.2, 0) is 0 Å². The van der Waals surface area contributed by atoms with Crippen LogP contribution in [0.5, 0.6) is 0 Å². The van der Waals surface area contributed by atoms with Gasteiger partial charge in [0.25, 0.3) is 0 Å². The van der Waals surface area contributed by atoms with Crippen molar-refractivity contribution >= 4 is 28.3 Å². The molecule has 0 aromatic heterocycles. The van der Waals surface area contributed by atoms with E-state index in [4.69, 9.17) is 0 Å². The van der Waals surface area contributed by atoms with Crippen molar-refractivity contribution in [3.63, 3.8) is 0 Å². The molecule has 0 aliphatic heterocycles. The van der Waals surface area contributed by atoms with Gasteiger partial charge in [0, 0.05) is 9.26 Å². The van der Waals surface area contributed by atoms with Crippen LogP contribution in [0.1, 0.15) is 25.5 Å². The second-order valence-electron chi connectivity index (χ2n) is 4.90. The molecule has 1 unspecified atom stereocenters. The average molecular weight is 369 g/mol. The fourth-order valence-corrected chi connectivity index (χ4v) is 2.70. The summed E-state index contributed by atoms with van der Waals surface area (Å²) in [4.78, 5) is 0. The van der Waals surface area contributed by atoms with Crippen LogP contribution < -0.4 is 5.32 Å². The molecular formula is C16H17FIN. The lowest BCUT2D eigenvalue weighted by Crippen LogP contribution is -2.17. The zero-order chi connectivity index (χ0) is 13.8. The zero-order valence-corrected chi connectivity index (χ0v) is 13.2. The van der Waals surface area contributed by atoms with E-state index >= 15 is 0 Å². The third-order valence-electron chi connectivity index (χ3n) is 3.07. The Hall–Kier alpha value is -1.10. The van der Waals surface area contributed by atoms with Gasteiger partial charge in [-0.3, -0.25) is 0 Å². The van der Waals surface area contributed by atoms with Crippen molar-refractivity contribution in [1.29, 1.82) is 0 Å². The first-order valence-corrected chi connectivity index (χ1v) is 7.42. The Bertz CT molecular complexity index is 540. The minimum atomic E-state index is -0.198. The van der Waals surface area contributed by atoms with Crippen molar-refractivity contribution < 1.29 is 4.39 Å². The van der Waals surface area contributed by atoms with Crippen molar-refractivity contribution in [2.75, 3.05) is 5.32 Å². The Kier molecular flexibility index (Phi) is 4.80. The predicted molar refractivity (Wildman–Crippen MR) is 86.8 cm³/mol. The summed E-state index contributed by atoms with van der Waals surface area (Å²) in [5.41, 5.74) is 2.22. The molecule has 100 valence electrons. The lowest BCUT2D eigenvalue weighted by Gasteiger charge is -2.24. The van der Waals surface area contributed by atoms with Gasteiger partial charge in [-0.1, -0.05) is 44.2 Å². The lowest BCUT2D eigenvalue weighted by molar-refractivity contribution is 0.546. The van der Waals surface area contributed by atoms with Gasteiger partial charge in [0.2, 0.25) is 0 Å². The van der Waals surface area contributed by atoms with Crippen LogP contribution in [0.3, 0.4) is 0 Å². The molecule has 1 atom stereocenters. The molecule has 0 heterocycles. The van der Waals surface area contributed by atoms with E-state index in [1.54, 1.807) is 12.1 Å². The molecule has 0 radical (unpaired) electrons. The van der Waals surface area contributed by atoms with Gasteiger partial charge in [-0.25, -0.2) is 4.39 Å². The summed E-state index contributed by atoms with van der Waals surface area (Å²) >= 11 is 2.16. The van der Waals surface area contributed by atoms with Crippen LogP contribution in [0.25, 0.3) is 0 Å². The Balaban J connectivity index is 2.27. The van der Waals surface area contributed by atoms with E-state index in [9.17, 15) is 4.39 Å². The normalized spacial score (nSPS) is 12.5. The molecule has 3 heteroatoms. The highest BCUT2D eigenvalue weighted by atomic mass is 127. The largest absolute Gasteiger partial charge is 0.377 e. The lowest BCUT2D eigenvalue weighted by atomic mass is 9.96. The van der Waals surface area contributed by atoms with Crippen molar-refractivity contribution in [1.82, 2.24) is 0 Å². The molecule has 0 bridgehead atoms. The first kappa shape index (κ1) is 14.3. The molecule has 0 fully saturated rings. The van der Waals surface area contributed by atoms with Crippen LogP contribution in [0, 0.1) is 15.3 Å². The maximum Gasteiger partial charge on any atom is 0.124 e. The van der Waals surface area contributed by atoms with Crippen molar-refractivity contribution in [3.8, 4) is 0 Å². The topological polar surface area (TPSA) is 12.0 Å². The molecule has 0 amide bonds. The van der Waals surface area contributed by atoms with E-state index in [2.05, 4.69) is 53.9 Å². The van der Waals surface area contributed by atoms with Gasteiger partial charge in [-0.15, -0.1) is 0 Å². The highest BCUT2D eigenvalue weighted by Gasteiger charge is 2.16. The molecule has 1 nitrogen and oxygen atoms in total. The molecule has 0 aliphatic rings. The second kappa shape index (κ2) is 6.37. The molecule has 0 saturated carbocycles. The summed E-state index contributed by atoms with van der Waals surface area (Å²) in [6, 6.07) is 15.4. The molecular weight excluding hydrogens is 352 g/mol. The molecule has 19 heavy (non-hydrogen) atoms. The van der Waals surface area contributed by atoms with E-state index in [0.717, 1.165) is 9.26 Å². The number of benzene rings is 2. The fourth-order valence-electron chi connectivity index (χ4n) is 2.07. The summed E-state index contributed by atoms with van der Waals surface area (Å²) in [5, 5.41) is 3.52. The number of anilines is 1. The Morgan fingerprint density at radius 3 is 2.32 bits per heavy atom. The molecule has 0 spiro atoms. The number of hydrogen-bond donors (Lipinski definition) is 1. The van der Waals surface area contributed by atoms with E-state index < -0.39 is 0 Å². The maximum atomic E-state index is 13.1. The highest BCUT2D eigenvalue weighted by molar-refractivity contribution is 14.1. The average Bonchev–Trinajstić information content (AvgIpc) is 2.38. The summed E-state index contributed by atoms with van der Waals surface area (Å²) in [7, 11) is 0. The zero-order valence-electron chi connectivity index (χ0n) is 11.0. The SMILES string of the molecule is CC(C)C(Nc1ccc(F)cc1I)c1ccccc1. The molecule has 1 N–H and O–H groups in total. The quantitative estimate of drug-likeness (QED) is 0.727. The summed E-state index contributed by atoms with van der Waals surface area (Å²) in [5.74, 6) is 0.249. The van der Waals surface area contributed by atoms with E-state index in [1.807, 2.05) is 18.2 Å². The first-order valence-electron chi connectivity index (χ1n) is 6.34. The minimum Gasteiger partial charge on any atom is -0.377 e. The molecule has 0 aliphatic carbocycles. The Labute approximate surface area is 127 Å². The van der Waals surface area contributed by atoms with Crippen LogP contribution >= 0.6 is 22.6 Å². The second-order valence-corrected chi connectivity index (χ2v) is 6.06. The van der Waals surface area contributed by atoms with Gasteiger partial charge in [0.1, 0.15) is 5.82 Å². The molecule has 2 aromatic rings. The Morgan fingerprint density at radius 2 is 1.74 bits per heavy atom. The van der Waals surface area contributed by atoms with Gasteiger partial charge in [0.15, 0.2) is 0 Å². The maximum absolute atomic E-state index is 13.1.